The van der Waals surface area contributed by atoms with Crippen molar-refractivity contribution in [3.63, 3.8) is 0 Å². The number of hydrogen-bond donors (Lipinski definition) is 2. The molecule has 0 bridgehead atoms. The van der Waals surface area contributed by atoms with Crippen molar-refractivity contribution in [1.29, 1.82) is 0 Å². The van der Waals surface area contributed by atoms with Gasteiger partial charge in [-0.15, -0.1) is 22.7 Å². The molecule has 0 aliphatic carbocycles. The molecule has 3 aromatic heterocycles. The molecule has 51 heavy (non-hydrogen) atoms. The fourth-order valence-corrected chi connectivity index (χ4v) is 10.0. The van der Waals surface area contributed by atoms with Crippen molar-refractivity contribution in [3.05, 3.63) is 168 Å². The second-order valence-electron chi connectivity index (χ2n) is 13.2. The van der Waals surface area contributed by atoms with Gasteiger partial charge in [0.1, 0.15) is 29.3 Å². The molecule has 1 aliphatic rings. The number of benzene rings is 7. The zero-order chi connectivity index (χ0) is 33.5. The van der Waals surface area contributed by atoms with E-state index in [-0.39, 0.29) is 12.3 Å². The summed E-state index contributed by atoms with van der Waals surface area (Å²) in [6, 6.07) is 54.2. The molecule has 2 N–H and O–H groups in total. The highest BCUT2D eigenvalue weighted by molar-refractivity contribution is 7.26. The topological polar surface area (TPSA) is 49.6 Å². The van der Waals surface area contributed by atoms with Gasteiger partial charge in [-0.05, 0) is 53.6 Å². The number of para-hydroxylation sites is 2. The van der Waals surface area contributed by atoms with E-state index in [1.54, 1.807) is 0 Å². The average molecular weight is 692 g/mol. The summed E-state index contributed by atoms with van der Waals surface area (Å²) in [6.45, 7) is 0. The zero-order valence-corrected chi connectivity index (χ0v) is 28.9. The first-order chi connectivity index (χ1) is 25.2. The van der Waals surface area contributed by atoms with Gasteiger partial charge in [-0.25, -0.2) is 4.99 Å². The molecule has 4 heterocycles. The summed E-state index contributed by atoms with van der Waals surface area (Å²) in [5.41, 5.74) is 7.54. The van der Waals surface area contributed by atoms with Crippen molar-refractivity contribution < 1.29 is 4.42 Å². The minimum absolute atomic E-state index is 0.134. The number of nitrogens with one attached hydrogen (secondary N) is 2. The molecule has 4 nitrogen and oxygen atoms in total. The van der Waals surface area contributed by atoms with Crippen LogP contribution in [0.25, 0.3) is 73.4 Å². The van der Waals surface area contributed by atoms with Crippen molar-refractivity contribution in [2.45, 2.75) is 12.3 Å². The van der Waals surface area contributed by atoms with Crippen LogP contribution in [0.2, 0.25) is 0 Å². The van der Waals surface area contributed by atoms with Crippen molar-refractivity contribution in [3.8, 4) is 11.1 Å². The van der Waals surface area contributed by atoms with Crippen LogP contribution in [0.3, 0.4) is 0 Å². The zero-order valence-electron chi connectivity index (χ0n) is 27.3. The van der Waals surface area contributed by atoms with E-state index in [2.05, 4.69) is 150 Å². The fourth-order valence-electron chi connectivity index (χ4n) is 7.73. The Bertz CT molecular complexity index is 3010. The van der Waals surface area contributed by atoms with Gasteiger partial charge in [-0.1, -0.05) is 109 Å². The van der Waals surface area contributed by atoms with Gasteiger partial charge in [-0.2, -0.15) is 0 Å². The first-order valence-electron chi connectivity index (χ1n) is 17.2. The number of aliphatic imine (C=N–C) groups is 1. The molecular formula is C45H29N3OS2. The van der Waals surface area contributed by atoms with Crippen LogP contribution in [-0.4, -0.2) is 5.84 Å². The van der Waals surface area contributed by atoms with Gasteiger partial charge in [0.2, 0.25) is 0 Å². The second kappa shape index (κ2) is 11.4. The lowest BCUT2D eigenvalue weighted by Gasteiger charge is -2.32. The van der Waals surface area contributed by atoms with Crippen molar-refractivity contribution in [2.75, 3.05) is 0 Å². The van der Waals surface area contributed by atoms with E-state index in [1.807, 2.05) is 34.8 Å². The van der Waals surface area contributed by atoms with Gasteiger partial charge < -0.3 is 9.73 Å². The average Bonchev–Trinajstić information content (AvgIpc) is 3.89. The van der Waals surface area contributed by atoms with E-state index in [0.29, 0.717) is 0 Å². The van der Waals surface area contributed by atoms with Crippen LogP contribution in [0.4, 0.5) is 0 Å². The molecule has 0 saturated carbocycles. The van der Waals surface area contributed by atoms with Gasteiger partial charge >= 0.3 is 0 Å². The van der Waals surface area contributed by atoms with Crippen LogP contribution in [0.1, 0.15) is 29.0 Å². The monoisotopic (exact) mass is 691 g/mol. The molecule has 11 rings (SSSR count). The fraction of sp³-hybridized carbons (Fsp3) is 0.0444. The molecular weight excluding hydrogens is 663 g/mol. The Balaban J connectivity index is 1.04. The van der Waals surface area contributed by atoms with Crippen LogP contribution in [0.15, 0.2) is 161 Å². The van der Waals surface area contributed by atoms with Crippen molar-refractivity contribution >= 4 is 90.8 Å². The molecule has 6 heteroatoms. The lowest BCUT2D eigenvalue weighted by atomic mass is 9.99. The molecule has 1 aliphatic heterocycles. The van der Waals surface area contributed by atoms with Gasteiger partial charge in [0.25, 0.3) is 0 Å². The first-order valence-corrected chi connectivity index (χ1v) is 18.8. The summed E-state index contributed by atoms with van der Waals surface area (Å²) < 4.78 is 11.5. The smallest absolute Gasteiger partial charge is 0.143 e. The number of amidine groups is 1. The third-order valence-electron chi connectivity index (χ3n) is 10.2. The maximum atomic E-state index is 6.43. The molecule has 0 fully saturated rings. The van der Waals surface area contributed by atoms with Gasteiger partial charge in [0.05, 0.1) is 0 Å². The van der Waals surface area contributed by atoms with E-state index in [0.717, 1.165) is 50.0 Å². The molecule has 2 atom stereocenters. The van der Waals surface area contributed by atoms with Gasteiger partial charge in [0, 0.05) is 67.8 Å². The summed E-state index contributed by atoms with van der Waals surface area (Å²) in [6.07, 6.45) is -0.340. The standard InChI is InChI=1S/C45H29N3OS2/c1-2-10-26(11-3-1)43-46-44(48-45(47-43)34-17-9-16-33-31-13-5-7-19-38(31)51-42(33)34)28-21-23-40-36(25-28)35-24-27(20-22-39(35)50-40)29-14-8-15-32-30-12-4-6-18-37(30)49-41(29)32/h1-25,43,45,47H,(H,46,48). The third-order valence-corrected chi connectivity index (χ3v) is 12.6. The van der Waals surface area contributed by atoms with E-state index in [4.69, 9.17) is 9.41 Å². The number of nitrogens with zero attached hydrogens (tertiary/aromatic N) is 1. The predicted molar refractivity (Wildman–Crippen MR) is 216 cm³/mol. The number of rotatable bonds is 4. The third kappa shape index (κ3) is 4.65. The lowest BCUT2D eigenvalue weighted by Crippen LogP contribution is -2.45. The Morgan fingerprint density at radius 3 is 2.10 bits per heavy atom. The van der Waals surface area contributed by atoms with Crippen LogP contribution in [0, 0.1) is 0 Å². The van der Waals surface area contributed by atoms with Crippen molar-refractivity contribution in [2.24, 2.45) is 4.99 Å². The molecule has 10 aromatic rings. The van der Waals surface area contributed by atoms with Crippen LogP contribution in [-0.2, 0) is 0 Å². The number of hydrogen-bond acceptors (Lipinski definition) is 6. The van der Waals surface area contributed by atoms with E-state index in [9.17, 15) is 0 Å². The van der Waals surface area contributed by atoms with Crippen LogP contribution >= 0.6 is 22.7 Å². The Labute approximate surface area is 301 Å². The second-order valence-corrected chi connectivity index (χ2v) is 15.3. The normalized spacial score (nSPS) is 16.4. The van der Waals surface area contributed by atoms with Crippen LogP contribution in [0.5, 0.6) is 0 Å². The van der Waals surface area contributed by atoms with E-state index < -0.39 is 0 Å². The number of fused-ring (bicyclic) bond motifs is 9. The van der Waals surface area contributed by atoms with Gasteiger partial charge in [-0.3, -0.25) is 5.32 Å². The minimum atomic E-state index is -0.206. The predicted octanol–water partition coefficient (Wildman–Crippen LogP) is 12.3. The van der Waals surface area contributed by atoms with E-state index in [1.165, 1.54) is 45.9 Å². The Kier molecular flexibility index (Phi) is 6.46. The highest BCUT2D eigenvalue weighted by atomic mass is 32.1. The van der Waals surface area contributed by atoms with E-state index >= 15 is 0 Å². The molecule has 0 radical (unpaired) electrons. The summed E-state index contributed by atoms with van der Waals surface area (Å²) in [7, 11) is 0. The summed E-state index contributed by atoms with van der Waals surface area (Å²) in [5, 5.41) is 15.0. The number of thiophene rings is 2. The lowest BCUT2D eigenvalue weighted by molar-refractivity contribution is 0.411. The molecule has 0 spiro atoms. The highest BCUT2D eigenvalue weighted by Crippen LogP contribution is 2.42. The summed E-state index contributed by atoms with van der Waals surface area (Å²) >= 11 is 3.69. The Hall–Kier alpha value is -5.79. The van der Waals surface area contributed by atoms with Gasteiger partial charge in [0.15, 0.2) is 0 Å². The molecule has 0 saturated heterocycles. The maximum absolute atomic E-state index is 6.43. The molecule has 0 amide bonds. The maximum Gasteiger partial charge on any atom is 0.143 e. The Morgan fingerprint density at radius 1 is 0.529 bits per heavy atom. The summed E-state index contributed by atoms with van der Waals surface area (Å²) in [5.74, 6) is 0.884. The Morgan fingerprint density at radius 2 is 1.22 bits per heavy atom. The highest BCUT2D eigenvalue weighted by Gasteiger charge is 2.27. The molecule has 242 valence electrons. The van der Waals surface area contributed by atoms with Crippen molar-refractivity contribution in [1.82, 2.24) is 10.6 Å². The molecule has 2 unspecified atom stereocenters. The quantitative estimate of drug-likeness (QED) is 0.193. The minimum Gasteiger partial charge on any atom is -0.455 e. The number of furan rings is 1. The first kappa shape index (κ1) is 29.0. The molecule has 7 aromatic carbocycles. The summed E-state index contributed by atoms with van der Waals surface area (Å²) in [4.78, 5) is 5.30. The van der Waals surface area contributed by atoms with Crippen LogP contribution < -0.4 is 10.6 Å². The SMILES string of the molecule is c1ccc(C2N=C(c3ccc4sc5ccc(-c6cccc7c6oc6ccccc67)cc5c4c3)NC(c3cccc4c3sc3ccccc34)N2)cc1. The largest absolute Gasteiger partial charge is 0.455 e.